The highest BCUT2D eigenvalue weighted by Gasteiger charge is 2.17. The van der Waals surface area contributed by atoms with Crippen LogP contribution in [0.25, 0.3) is 0 Å². The van der Waals surface area contributed by atoms with Gasteiger partial charge in [0.1, 0.15) is 5.75 Å². The highest BCUT2D eigenvalue weighted by molar-refractivity contribution is 9.10. The lowest BCUT2D eigenvalue weighted by Gasteiger charge is -2.20. The lowest BCUT2D eigenvalue weighted by molar-refractivity contribution is -0.118. The third-order valence-corrected chi connectivity index (χ3v) is 5.81. The number of aliphatic hydroxyl groups excluding tert-OH is 1. The predicted octanol–water partition coefficient (Wildman–Crippen LogP) is 3.08. The fourth-order valence-corrected chi connectivity index (χ4v) is 4.32. The van der Waals surface area contributed by atoms with Crippen molar-refractivity contribution in [2.24, 2.45) is 4.99 Å². The van der Waals surface area contributed by atoms with Crippen LogP contribution in [0.3, 0.4) is 0 Å². The minimum atomic E-state index is -0.543. The van der Waals surface area contributed by atoms with Gasteiger partial charge in [-0.1, -0.05) is 28.9 Å². The number of nitrogens with one attached hydrogen (secondary N) is 3. The Balaban J connectivity index is 1.59. The van der Waals surface area contributed by atoms with Crippen molar-refractivity contribution < 1.29 is 19.8 Å². The first-order valence-electron chi connectivity index (χ1n) is 10.9. The number of nitrogens with zero attached hydrogens (tertiary/aromatic N) is 1. The quantitative estimate of drug-likeness (QED) is 0.367. The van der Waals surface area contributed by atoms with E-state index in [2.05, 4.69) is 42.9 Å². The number of hydrogen-bond acceptors (Lipinski definition) is 7. The molecule has 0 saturated heterocycles. The SMILES string of the molecule is CC[C@H](CC(=O)CNC(=O)c1cc(O)cc(NC2=NCC(O)CN2)c1)c1cc(C)cc(Br)c1. The van der Waals surface area contributed by atoms with Crippen molar-refractivity contribution >= 4 is 39.3 Å². The maximum Gasteiger partial charge on any atom is 0.251 e. The van der Waals surface area contributed by atoms with Gasteiger partial charge in [-0.15, -0.1) is 0 Å². The maximum atomic E-state index is 12.6. The second kappa shape index (κ2) is 11.3. The number of hydrogen-bond donors (Lipinski definition) is 5. The van der Waals surface area contributed by atoms with Crippen LogP contribution in [-0.4, -0.2) is 53.6 Å². The number of phenols is 1. The molecule has 0 fully saturated rings. The van der Waals surface area contributed by atoms with Gasteiger partial charge in [0, 0.05) is 34.8 Å². The van der Waals surface area contributed by atoms with Crippen LogP contribution in [0.4, 0.5) is 5.69 Å². The van der Waals surface area contributed by atoms with Gasteiger partial charge < -0.3 is 26.2 Å². The molecule has 0 aliphatic carbocycles. The summed E-state index contributed by atoms with van der Waals surface area (Å²) >= 11 is 3.51. The molecule has 2 aromatic rings. The average Bonchev–Trinajstić information content (AvgIpc) is 2.76. The van der Waals surface area contributed by atoms with E-state index < -0.39 is 12.0 Å². The second-order valence-corrected chi connectivity index (χ2v) is 9.13. The van der Waals surface area contributed by atoms with Crippen molar-refractivity contribution in [1.82, 2.24) is 10.6 Å². The molecule has 5 N–H and O–H groups in total. The van der Waals surface area contributed by atoms with Crippen LogP contribution >= 0.6 is 15.9 Å². The van der Waals surface area contributed by atoms with E-state index in [-0.39, 0.29) is 36.1 Å². The summed E-state index contributed by atoms with van der Waals surface area (Å²) in [5.41, 5.74) is 2.90. The van der Waals surface area contributed by atoms with Crippen LogP contribution in [0, 0.1) is 6.92 Å². The normalized spacial score (nSPS) is 16.4. The first kappa shape index (κ1) is 24.7. The minimum absolute atomic E-state index is 0.0642. The number of carbonyl (C=O) groups excluding carboxylic acids is 2. The van der Waals surface area contributed by atoms with Gasteiger partial charge in [0.05, 0.1) is 19.2 Å². The number of benzene rings is 2. The minimum Gasteiger partial charge on any atom is -0.508 e. The topological polar surface area (TPSA) is 123 Å². The molecule has 2 atom stereocenters. The molecule has 0 bridgehead atoms. The van der Waals surface area contributed by atoms with Crippen molar-refractivity contribution in [2.75, 3.05) is 25.0 Å². The van der Waals surface area contributed by atoms with Gasteiger partial charge in [-0.3, -0.25) is 14.6 Å². The van der Waals surface area contributed by atoms with Crippen molar-refractivity contribution in [3.05, 3.63) is 57.6 Å². The third kappa shape index (κ3) is 7.30. The van der Waals surface area contributed by atoms with E-state index in [0.717, 1.165) is 22.0 Å². The van der Waals surface area contributed by atoms with Gasteiger partial charge in [-0.05, 0) is 54.7 Å². The number of guanidine groups is 1. The van der Waals surface area contributed by atoms with Crippen LogP contribution in [0.1, 0.15) is 47.2 Å². The molecule has 9 heteroatoms. The van der Waals surface area contributed by atoms with Crippen LogP contribution in [0.5, 0.6) is 5.75 Å². The molecule has 1 aliphatic rings. The number of carbonyl (C=O) groups is 2. The fourth-order valence-electron chi connectivity index (χ4n) is 3.69. The molecule has 2 aromatic carbocycles. The molecule has 0 radical (unpaired) electrons. The number of halogens is 1. The molecule has 0 aromatic heterocycles. The zero-order valence-electron chi connectivity index (χ0n) is 18.7. The first-order chi connectivity index (χ1) is 15.7. The molecule has 33 heavy (non-hydrogen) atoms. The second-order valence-electron chi connectivity index (χ2n) is 8.21. The fraction of sp³-hybridized carbons (Fsp3) is 0.375. The Morgan fingerprint density at radius 1 is 1.24 bits per heavy atom. The Kier molecular flexibility index (Phi) is 8.46. The van der Waals surface area contributed by atoms with Gasteiger partial charge in [0.25, 0.3) is 5.91 Å². The van der Waals surface area contributed by atoms with Gasteiger partial charge in [-0.25, -0.2) is 0 Å². The third-order valence-electron chi connectivity index (χ3n) is 5.36. The number of aromatic hydroxyl groups is 1. The summed E-state index contributed by atoms with van der Waals surface area (Å²) in [6.07, 6.45) is 0.599. The molecular formula is C24H29BrN4O4. The zero-order valence-corrected chi connectivity index (χ0v) is 20.3. The number of amides is 1. The maximum absolute atomic E-state index is 12.6. The summed E-state index contributed by atoms with van der Waals surface area (Å²) in [5.74, 6) is -0.0949. The number of ketones is 1. The van der Waals surface area contributed by atoms with Crippen molar-refractivity contribution in [1.29, 1.82) is 0 Å². The summed E-state index contributed by atoms with van der Waals surface area (Å²) in [4.78, 5) is 29.4. The Hall–Kier alpha value is -2.91. The van der Waals surface area contributed by atoms with E-state index in [4.69, 9.17) is 0 Å². The van der Waals surface area contributed by atoms with Gasteiger partial charge in [0.15, 0.2) is 11.7 Å². The first-order valence-corrected chi connectivity index (χ1v) is 11.7. The summed E-state index contributed by atoms with van der Waals surface area (Å²) < 4.78 is 0.982. The van der Waals surface area contributed by atoms with E-state index in [1.165, 1.54) is 12.1 Å². The summed E-state index contributed by atoms with van der Waals surface area (Å²) in [7, 11) is 0. The van der Waals surface area contributed by atoms with E-state index in [9.17, 15) is 19.8 Å². The van der Waals surface area contributed by atoms with Gasteiger partial charge in [-0.2, -0.15) is 0 Å². The Morgan fingerprint density at radius 2 is 2.03 bits per heavy atom. The Morgan fingerprint density at radius 3 is 2.70 bits per heavy atom. The number of aliphatic imine (C=N–C) groups is 1. The molecule has 0 spiro atoms. The number of Topliss-reactive ketones (excluding diaryl/α,β-unsaturated/α-hetero) is 1. The van der Waals surface area contributed by atoms with Gasteiger partial charge >= 0.3 is 0 Å². The summed E-state index contributed by atoms with van der Waals surface area (Å²) in [5, 5.41) is 28.1. The van der Waals surface area contributed by atoms with E-state index in [1.54, 1.807) is 6.07 Å². The number of phenolic OH excluding ortho intramolecular Hbond substituents is 1. The number of aryl methyl sites for hydroxylation is 1. The van der Waals surface area contributed by atoms with Crippen molar-refractivity contribution in [3.63, 3.8) is 0 Å². The predicted molar refractivity (Wildman–Crippen MR) is 132 cm³/mol. The molecular weight excluding hydrogens is 488 g/mol. The summed E-state index contributed by atoms with van der Waals surface area (Å²) in [6, 6.07) is 10.5. The lowest BCUT2D eigenvalue weighted by Crippen LogP contribution is -2.42. The van der Waals surface area contributed by atoms with E-state index in [1.807, 2.05) is 26.0 Å². The molecule has 1 heterocycles. The number of β-amino-alcohol motifs (C(OH)–C–C–N with tert-alkyl or cyclic N) is 1. The Bertz CT molecular complexity index is 1040. The highest BCUT2D eigenvalue weighted by atomic mass is 79.9. The lowest BCUT2D eigenvalue weighted by atomic mass is 9.90. The molecule has 3 rings (SSSR count). The molecule has 1 amide bonds. The molecule has 1 aliphatic heterocycles. The molecule has 8 nitrogen and oxygen atoms in total. The Labute approximate surface area is 201 Å². The van der Waals surface area contributed by atoms with Crippen LogP contribution < -0.4 is 16.0 Å². The smallest absolute Gasteiger partial charge is 0.251 e. The monoisotopic (exact) mass is 516 g/mol. The van der Waals surface area contributed by atoms with Crippen molar-refractivity contribution in [3.8, 4) is 5.75 Å². The van der Waals surface area contributed by atoms with E-state index >= 15 is 0 Å². The van der Waals surface area contributed by atoms with Gasteiger partial charge in [0.2, 0.25) is 0 Å². The van der Waals surface area contributed by atoms with Crippen LogP contribution in [0.15, 0.2) is 45.9 Å². The highest BCUT2D eigenvalue weighted by Crippen LogP contribution is 2.27. The number of anilines is 1. The molecule has 176 valence electrons. The number of rotatable bonds is 8. The standard InChI is InChI=1S/C24H29BrN4O4/c1-3-15(16-4-14(2)5-18(25)6-16)8-21(31)11-26-23(33)17-7-19(10-20(30)9-17)29-24-27-12-22(32)13-28-24/h4-7,9-10,15,22,30,32H,3,8,11-13H2,1-2H3,(H,26,33)(H2,27,28,29)/t15-/m1/s1. The molecule has 0 saturated carbocycles. The average molecular weight is 517 g/mol. The van der Waals surface area contributed by atoms with E-state index in [0.29, 0.717) is 24.6 Å². The summed E-state index contributed by atoms with van der Waals surface area (Å²) in [6.45, 7) is 4.59. The molecule has 1 unspecified atom stereocenters. The van der Waals surface area contributed by atoms with Crippen LogP contribution in [0.2, 0.25) is 0 Å². The van der Waals surface area contributed by atoms with Crippen LogP contribution in [-0.2, 0) is 4.79 Å². The van der Waals surface area contributed by atoms with Crippen molar-refractivity contribution in [2.45, 2.75) is 38.7 Å². The number of aliphatic hydroxyl groups is 1. The largest absolute Gasteiger partial charge is 0.508 e. The zero-order chi connectivity index (χ0) is 24.0.